The van der Waals surface area contributed by atoms with Gasteiger partial charge in [-0.25, -0.2) is 0 Å². The fraction of sp³-hybridized carbons (Fsp3) is 0.462. The van der Waals surface area contributed by atoms with Crippen molar-refractivity contribution in [3.63, 3.8) is 0 Å². The van der Waals surface area contributed by atoms with Gasteiger partial charge in [0.1, 0.15) is 0 Å². The van der Waals surface area contributed by atoms with Crippen molar-refractivity contribution in [2.24, 2.45) is 0 Å². The van der Waals surface area contributed by atoms with Crippen molar-refractivity contribution in [1.29, 1.82) is 0 Å². The normalized spacial score (nSPS) is 10.4. The van der Waals surface area contributed by atoms with Gasteiger partial charge < -0.3 is 10.6 Å². The van der Waals surface area contributed by atoms with E-state index in [1.165, 1.54) is 5.56 Å². The van der Waals surface area contributed by atoms with Crippen molar-refractivity contribution in [2.75, 3.05) is 11.9 Å². The van der Waals surface area contributed by atoms with Gasteiger partial charge in [-0.2, -0.15) is 0 Å². The predicted octanol–water partition coefficient (Wildman–Crippen LogP) is 3.08. The summed E-state index contributed by atoms with van der Waals surface area (Å²) in [5, 5.41) is 6.10. The van der Waals surface area contributed by atoms with Crippen LogP contribution in [-0.2, 0) is 4.79 Å². The number of halogens is 1. The first-order valence-corrected chi connectivity index (χ1v) is 6.57. The minimum absolute atomic E-state index is 0.0794. The zero-order valence-electron chi connectivity index (χ0n) is 10.5. The average molecular weight is 299 g/mol. The molecule has 0 heterocycles. The number of carbonyl (C=O) groups excluding carboxylic acids is 1. The Kier molecular flexibility index (Phi) is 5.48. The average Bonchev–Trinajstić information content (AvgIpc) is 2.20. The first kappa shape index (κ1) is 14.0. The van der Waals surface area contributed by atoms with E-state index in [0.29, 0.717) is 13.0 Å². The summed E-state index contributed by atoms with van der Waals surface area (Å²) >= 11 is 3.49. The fourth-order valence-corrected chi connectivity index (χ4v) is 2.10. The summed E-state index contributed by atoms with van der Waals surface area (Å²) in [6, 6.07) is 6.31. The molecule has 3 nitrogen and oxygen atoms in total. The Morgan fingerprint density at radius 3 is 2.71 bits per heavy atom. The van der Waals surface area contributed by atoms with E-state index in [9.17, 15) is 4.79 Å². The maximum Gasteiger partial charge on any atom is 0.221 e. The van der Waals surface area contributed by atoms with Gasteiger partial charge >= 0.3 is 0 Å². The van der Waals surface area contributed by atoms with Gasteiger partial charge in [0.25, 0.3) is 0 Å². The third-order valence-corrected chi connectivity index (χ3v) is 2.90. The lowest BCUT2D eigenvalue weighted by atomic mass is 10.2. The van der Waals surface area contributed by atoms with E-state index < -0.39 is 0 Å². The molecule has 0 saturated carbocycles. The van der Waals surface area contributed by atoms with Crippen LogP contribution in [0.3, 0.4) is 0 Å². The van der Waals surface area contributed by atoms with Crippen LogP contribution in [0.4, 0.5) is 5.69 Å². The smallest absolute Gasteiger partial charge is 0.221 e. The van der Waals surface area contributed by atoms with Crippen molar-refractivity contribution >= 4 is 27.5 Å². The summed E-state index contributed by atoms with van der Waals surface area (Å²) in [6.45, 7) is 6.61. The lowest BCUT2D eigenvalue weighted by Gasteiger charge is -2.11. The van der Waals surface area contributed by atoms with Gasteiger partial charge in [0.15, 0.2) is 0 Å². The molecule has 0 aliphatic rings. The van der Waals surface area contributed by atoms with Gasteiger partial charge in [-0.05, 0) is 54.4 Å². The van der Waals surface area contributed by atoms with Crippen LogP contribution in [0.5, 0.6) is 0 Å². The van der Waals surface area contributed by atoms with E-state index in [0.717, 1.165) is 10.2 Å². The second-order valence-corrected chi connectivity index (χ2v) is 5.24. The molecule has 0 atom stereocenters. The molecule has 0 aliphatic carbocycles. The summed E-state index contributed by atoms with van der Waals surface area (Å²) in [6.07, 6.45) is 0.485. The maximum atomic E-state index is 11.4. The molecule has 1 rings (SSSR count). The van der Waals surface area contributed by atoms with Crippen molar-refractivity contribution in [1.82, 2.24) is 5.32 Å². The van der Waals surface area contributed by atoms with Gasteiger partial charge in [0, 0.05) is 29.2 Å². The molecule has 2 N–H and O–H groups in total. The van der Waals surface area contributed by atoms with E-state index in [1.54, 1.807) is 0 Å². The second kappa shape index (κ2) is 6.64. The minimum Gasteiger partial charge on any atom is -0.384 e. The monoisotopic (exact) mass is 298 g/mol. The Bertz CT molecular complexity index is 391. The molecule has 1 amide bonds. The molecule has 0 saturated heterocycles. The van der Waals surface area contributed by atoms with E-state index in [-0.39, 0.29) is 11.9 Å². The molecule has 94 valence electrons. The highest BCUT2D eigenvalue weighted by Gasteiger charge is 2.04. The highest BCUT2D eigenvalue weighted by atomic mass is 79.9. The summed E-state index contributed by atoms with van der Waals surface area (Å²) in [5.41, 5.74) is 2.23. The van der Waals surface area contributed by atoms with Gasteiger partial charge in [-0.3, -0.25) is 4.79 Å². The number of aryl methyl sites for hydroxylation is 1. The van der Waals surface area contributed by atoms with E-state index in [4.69, 9.17) is 0 Å². The molecule has 1 aromatic carbocycles. The van der Waals surface area contributed by atoms with Crippen LogP contribution in [0, 0.1) is 6.92 Å². The molecule has 4 heteroatoms. The summed E-state index contributed by atoms with van der Waals surface area (Å²) in [5.74, 6) is 0.0794. The van der Waals surface area contributed by atoms with Crippen molar-refractivity contribution in [3.05, 3.63) is 28.2 Å². The largest absolute Gasteiger partial charge is 0.384 e. The van der Waals surface area contributed by atoms with E-state index in [2.05, 4.69) is 32.6 Å². The van der Waals surface area contributed by atoms with E-state index >= 15 is 0 Å². The Morgan fingerprint density at radius 1 is 1.41 bits per heavy atom. The molecule has 0 radical (unpaired) electrons. The standard InChI is InChI=1S/C13H19BrN2O/c1-9(2)16-13(17)6-7-15-12-5-4-10(3)8-11(12)14/h4-5,8-9,15H,6-7H2,1-3H3,(H,16,17). The molecule has 1 aromatic rings. The van der Waals surface area contributed by atoms with Crippen LogP contribution in [-0.4, -0.2) is 18.5 Å². The fourth-order valence-electron chi connectivity index (χ4n) is 1.47. The van der Waals surface area contributed by atoms with Gasteiger partial charge in [0.2, 0.25) is 5.91 Å². The molecular formula is C13H19BrN2O. The van der Waals surface area contributed by atoms with Crippen molar-refractivity contribution < 1.29 is 4.79 Å². The number of anilines is 1. The highest BCUT2D eigenvalue weighted by Crippen LogP contribution is 2.23. The number of benzene rings is 1. The first-order chi connectivity index (χ1) is 7.99. The number of amides is 1. The van der Waals surface area contributed by atoms with Crippen LogP contribution in [0.25, 0.3) is 0 Å². The zero-order chi connectivity index (χ0) is 12.8. The van der Waals surface area contributed by atoms with Crippen LogP contribution >= 0.6 is 15.9 Å². The molecule has 17 heavy (non-hydrogen) atoms. The number of nitrogens with one attached hydrogen (secondary N) is 2. The van der Waals surface area contributed by atoms with Gasteiger partial charge in [0.05, 0.1) is 0 Å². The Morgan fingerprint density at radius 2 is 2.12 bits per heavy atom. The summed E-state index contributed by atoms with van der Waals surface area (Å²) in [7, 11) is 0. The van der Waals surface area contributed by atoms with Crippen LogP contribution < -0.4 is 10.6 Å². The molecule has 0 aromatic heterocycles. The number of carbonyl (C=O) groups is 1. The summed E-state index contributed by atoms with van der Waals surface area (Å²) < 4.78 is 1.03. The molecule has 0 spiro atoms. The van der Waals surface area contributed by atoms with Crippen molar-refractivity contribution in [2.45, 2.75) is 33.2 Å². The van der Waals surface area contributed by atoms with E-state index in [1.807, 2.05) is 32.9 Å². The third kappa shape index (κ3) is 5.22. The van der Waals surface area contributed by atoms with Crippen LogP contribution in [0.15, 0.2) is 22.7 Å². The Labute approximate surface area is 111 Å². The first-order valence-electron chi connectivity index (χ1n) is 5.78. The van der Waals surface area contributed by atoms with Crippen molar-refractivity contribution in [3.8, 4) is 0 Å². The summed E-state index contributed by atoms with van der Waals surface area (Å²) in [4.78, 5) is 11.4. The molecule has 0 aliphatic heterocycles. The third-order valence-electron chi connectivity index (χ3n) is 2.24. The Balaban J connectivity index is 2.38. The molecule has 0 unspecified atom stereocenters. The zero-order valence-corrected chi connectivity index (χ0v) is 12.1. The topological polar surface area (TPSA) is 41.1 Å². The number of hydrogen-bond donors (Lipinski definition) is 2. The Hall–Kier alpha value is -1.03. The second-order valence-electron chi connectivity index (χ2n) is 4.38. The maximum absolute atomic E-state index is 11.4. The lowest BCUT2D eigenvalue weighted by molar-refractivity contribution is -0.121. The van der Waals surface area contributed by atoms with Gasteiger partial charge in [-0.1, -0.05) is 6.07 Å². The minimum atomic E-state index is 0.0794. The lowest BCUT2D eigenvalue weighted by Crippen LogP contribution is -2.31. The molecular weight excluding hydrogens is 280 g/mol. The number of hydrogen-bond acceptors (Lipinski definition) is 2. The van der Waals surface area contributed by atoms with Gasteiger partial charge in [-0.15, -0.1) is 0 Å². The quantitative estimate of drug-likeness (QED) is 0.877. The highest BCUT2D eigenvalue weighted by molar-refractivity contribution is 9.10. The molecule has 0 bridgehead atoms. The SMILES string of the molecule is Cc1ccc(NCCC(=O)NC(C)C)c(Br)c1. The van der Waals surface area contributed by atoms with Crippen LogP contribution in [0.2, 0.25) is 0 Å². The predicted molar refractivity (Wildman–Crippen MR) is 75.3 cm³/mol. The van der Waals surface area contributed by atoms with Crippen LogP contribution in [0.1, 0.15) is 25.8 Å². The number of rotatable bonds is 5. The molecule has 0 fully saturated rings.